The van der Waals surface area contributed by atoms with E-state index in [9.17, 15) is 0 Å². The third kappa shape index (κ3) is 2.32. The standard InChI is InChI=1S/C20H22N2O/c1-12-4-6-17-15(10-12)14-8-9-21-19(20(14)22-17)16-11-13(2)5-7-18(16)23-3/h4-7,10-11,19,21-22H,8-9H2,1-3H3. The molecule has 3 nitrogen and oxygen atoms in total. The van der Waals surface area contributed by atoms with Crippen molar-refractivity contribution in [2.45, 2.75) is 26.3 Å². The van der Waals surface area contributed by atoms with Crippen LogP contribution in [-0.4, -0.2) is 18.6 Å². The van der Waals surface area contributed by atoms with Crippen LogP contribution in [0, 0.1) is 13.8 Å². The molecular weight excluding hydrogens is 284 g/mol. The second kappa shape index (κ2) is 5.43. The molecule has 0 bridgehead atoms. The van der Waals surface area contributed by atoms with Crippen molar-refractivity contribution in [3.8, 4) is 5.75 Å². The Balaban J connectivity index is 1.91. The van der Waals surface area contributed by atoms with Gasteiger partial charge >= 0.3 is 0 Å². The first-order valence-electron chi connectivity index (χ1n) is 8.16. The van der Waals surface area contributed by atoms with Gasteiger partial charge in [0.05, 0.1) is 13.2 Å². The smallest absolute Gasteiger partial charge is 0.124 e. The van der Waals surface area contributed by atoms with Crippen molar-refractivity contribution in [3.05, 3.63) is 64.3 Å². The second-order valence-corrected chi connectivity index (χ2v) is 6.45. The summed E-state index contributed by atoms with van der Waals surface area (Å²) in [4.78, 5) is 3.64. The van der Waals surface area contributed by atoms with Gasteiger partial charge in [-0.05, 0) is 44.0 Å². The van der Waals surface area contributed by atoms with Gasteiger partial charge < -0.3 is 15.0 Å². The molecule has 4 rings (SSSR count). The fraction of sp³-hybridized carbons (Fsp3) is 0.300. The summed E-state index contributed by atoms with van der Waals surface area (Å²) in [6, 6.07) is 13.2. The van der Waals surface area contributed by atoms with Gasteiger partial charge in [-0.3, -0.25) is 0 Å². The Bertz CT molecular complexity index is 879. The van der Waals surface area contributed by atoms with Crippen LogP contribution >= 0.6 is 0 Å². The minimum Gasteiger partial charge on any atom is -0.496 e. The molecule has 0 saturated carbocycles. The van der Waals surface area contributed by atoms with E-state index < -0.39 is 0 Å². The third-order valence-corrected chi connectivity index (χ3v) is 4.80. The Morgan fingerprint density at radius 3 is 2.65 bits per heavy atom. The van der Waals surface area contributed by atoms with E-state index in [1.54, 1.807) is 7.11 Å². The zero-order chi connectivity index (χ0) is 16.0. The first-order valence-corrected chi connectivity index (χ1v) is 8.16. The molecule has 1 aliphatic rings. The fourth-order valence-electron chi connectivity index (χ4n) is 3.69. The van der Waals surface area contributed by atoms with E-state index in [2.05, 4.69) is 60.5 Å². The minimum absolute atomic E-state index is 0.154. The molecular formula is C20H22N2O. The van der Waals surface area contributed by atoms with Gasteiger partial charge in [-0.1, -0.05) is 29.3 Å². The highest BCUT2D eigenvalue weighted by Crippen LogP contribution is 2.37. The lowest BCUT2D eigenvalue weighted by atomic mass is 9.92. The number of benzene rings is 2. The molecule has 118 valence electrons. The Kier molecular flexibility index (Phi) is 3.38. The summed E-state index contributed by atoms with van der Waals surface area (Å²) >= 11 is 0. The predicted molar refractivity (Wildman–Crippen MR) is 94.3 cm³/mol. The van der Waals surface area contributed by atoms with Crippen molar-refractivity contribution in [2.75, 3.05) is 13.7 Å². The van der Waals surface area contributed by atoms with Crippen molar-refractivity contribution in [3.63, 3.8) is 0 Å². The van der Waals surface area contributed by atoms with Crippen LogP contribution < -0.4 is 10.1 Å². The topological polar surface area (TPSA) is 37.0 Å². The van der Waals surface area contributed by atoms with Crippen LogP contribution in [0.1, 0.15) is 34.0 Å². The van der Waals surface area contributed by atoms with Gasteiger partial charge in [0.2, 0.25) is 0 Å². The van der Waals surface area contributed by atoms with E-state index in [1.807, 2.05) is 0 Å². The number of aryl methyl sites for hydroxylation is 2. The predicted octanol–water partition coefficient (Wildman–Crippen LogP) is 4.03. The van der Waals surface area contributed by atoms with E-state index in [0.717, 1.165) is 18.7 Å². The van der Waals surface area contributed by atoms with Gasteiger partial charge in [0, 0.05) is 28.7 Å². The molecule has 2 aromatic carbocycles. The van der Waals surface area contributed by atoms with Gasteiger partial charge in [-0.15, -0.1) is 0 Å². The zero-order valence-electron chi connectivity index (χ0n) is 13.9. The maximum Gasteiger partial charge on any atom is 0.124 e. The molecule has 2 heterocycles. The number of rotatable bonds is 2. The fourth-order valence-corrected chi connectivity index (χ4v) is 3.69. The Labute approximate surface area is 136 Å². The summed E-state index contributed by atoms with van der Waals surface area (Å²) < 4.78 is 5.61. The zero-order valence-corrected chi connectivity index (χ0v) is 13.9. The van der Waals surface area contributed by atoms with Crippen molar-refractivity contribution >= 4 is 10.9 Å². The van der Waals surface area contributed by atoms with Crippen molar-refractivity contribution in [1.82, 2.24) is 10.3 Å². The molecule has 3 aromatic rings. The molecule has 0 saturated heterocycles. The Hall–Kier alpha value is -2.26. The minimum atomic E-state index is 0.154. The van der Waals surface area contributed by atoms with Crippen molar-refractivity contribution in [1.29, 1.82) is 0 Å². The van der Waals surface area contributed by atoms with E-state index in [0.29, 0.717) is 0 Å². The first-order chi connectivity index (χ1) is 11.2. The number of H-pyrrole nitrogens is 1. The average Bonchev–Trinajstić information content (AvgIpc) is 2.92. The molecule has 1 atom stereocenters. The lowest BCUT2D eigenvalue weighted by Crippen LogP contribution is -2.30. The highest BCUT2D eigenvalue weighted by atomic mass is 16.5. The molecule has 2 N–H and O–H groups in total. The number of hydrogen-bond acceptors (Lipinski definition) is 2. The molecule has 1 aliphatic heterocycles. The lowest BCUT2D eigenvalue weighted by molar-refractivity contribution is 0.402. The molecule has 3 heteroatoms. The number of aromatic nitrogens is 1. The van der Waals surface area contributed by atoms with Crippen LogP contribution in [-0.2, 0) is 6.42 Å². The third-order valence-electron chi connectivity index (χ3n) is 4.80. The molecule has 0 amide bonds. The van der Waals surface area contributed by atoms with Gasteiger partial charge in [-0.2, -0.15) is 0 Å². The van der Waals surface area contributed by atoms with E-state index >= 15 is 0 Å². The van der Waals surface area contributed by atoms with E-state index in [1.165, 1.54) is 38.9 Å². The summed E-state index contributed by atoms with van der Waals surface area (Å²) in [5.74, 6) is 0.941. The van der Waals surface area contributed by atoms with Crippen LogP contribution in [0.5, 0.6) is 5.75 Å². The van der Waals surface area contributed by atoms with Crippen molar-refractivity contribution in [2.24, 2.45) is 0 Å². The average molecular weight is 306 g/mol. The first kappa shape index (κ1) is 14.3. The number of fused-ring (bicyclic) bond motifs is 3. The van der Waals surface area contributed by atoms with Crippen LogP contribution in [0.3, 0.4) is 0 Å². The van der Waals surface area contributed by atoms with E-state index in [4.69, 9.17) is 4.74 Å². The summed E-state index contributed by atoms with van der Waals surface area (Å²) in [5, 5.41) is 5.02. The van der Waals surface area contributed by atoms with Gasteiger partial charge in [0.25, 0.3) is 0 Å². The SMILES string of the molecule is COc1ccc(C)cc1C1NCCc2c1[nH]c1ccc(C)cc21. The normalized spacial score (nSPS) is 17.3. The Morgan fingerprint density at radius 2 is 1.83 bits per heavy atom. The van der Waals surface area contributed by atoms with Crippen LogP contribution in [0.4, 0.5) is 0 Å². The highest BCUT2D eigenvalue weighted by molar-refractivity contribution is 5.86. The Morgan fingerprint density at radius 1 is 1.04 bits per heavy atom. The lowest BCUT2D eigenvalue weighted by Gasteiger charge is -2.26. The number of hydrogen-bond donors (Lipinski definition) is 2. The van der Waals surface area contributed by atoms with Gasteiger partial charge in [-0.25, -0.2) is 0 Å². The number of methoxy groups -OCH3 is 1. The van der Waals surface area contributed by atoms with Crippen LogP contribution in [0.2, 0.25) is 0 Å². The molecule has 1 aromatic heterocycles. The van der Waals surface area contributed by atoms with Crippen LogP contribution in [0.15, 0.2) is 36.4 Å². The van der Waals surface area contributed by atoms with Gasteiger partial charge in [0.15, 0.2) is 0 Å². The summed E-state index contributed by atoms with van der Waals surface area (Å²) in [7, 11) is 1.74. The molecule has 0 aliphatic carbocycles. The number of aromatic amines is 1. The molecule has 0 spiro atoms. The largest absolute Gasteiger partial charge is 0.496 e. The summed E-state index contributed by atoms with van der Waals surface area (Å²) in [6.07, 6.45) is 1.06. The molecule has 1 unspecified atom stereocenters. The summed E-state index contributed by atoms with van der Waals surface area (Å²) in [6.45, 7) is 5.26. The maximum atomic E-state index is 5.61. The monoisotopic (exact) mass is 306 g/mol. The van der Waals surface area contributed by atoms with Crippen molar-refractivity contribution < 1.29 is 4.74 Å². The molecule has 0 radical (unpaired) electrons. The van der Waals surface area contributed by atoms with E-state index in [-0.39, 0.29) is 6.04 Å². The number of ether oxygens (including phenoxy) is 1. The van der Waals surface area contributed by atoms with Gasteiger partial charge in [0.1, 0.15) is 5.75 Å². The maximum absolute atomic E-state index is 5.61. The number of nitrogens with one attached hydrogen (secondary N) is 2. The molecule has 0 fully saturated rings. The highest BCUT2D eigenvalue weighted by Gasteiger charge is 2.27. The quantitative estimate of drug-likeness (QED) is 0.750. The molecule has 23 heavy (non-hydrogen) atoms. The van der Waals surface area contributed by atoms with Crippen LogP contribution in [0.25, 0.3) is 10.9 Å². The second-order valence-electron chi connectivity index (χ2n) is 6.45. The summed E-state index contributed by atoms with van der Waals surface area (Å²) in [5.41, 5.74) is 7.71.